The molecule has 1 aromatic carbocycles. The van der Waals surface area contributed by atoms with Gasteiger partial charge in [0.05, 0.1) is 5.56 Å². The molecule has 0 bridgehead atoms. The monoisotopic (exact) mass is 279 g/mol. The van der Waals surface area contributed by atoms with Crippen molar-refractivity contribution in [2.24, 2.45) is 5.41 Å². The minimum Gasteiger partial charge on any atom is -0.478 e. The van der Waals surface area contributed by atoms with E-state index in [9.17, 15) is 14.0 Å². The molecule has 0 heterocycles. The molecular weight excluding hydrogens is 261 g/mol. The number of nitrogens with one attached hydrogen (secondary N) is 1. The van der Waals surface area contributed by atoms with E-state index in [4.69, 9.17) is 5.11 Å². The Hall–Kier alpha value is -2.17. The number of hydrogen-bond acceptors (Lipinski definition) is 2. The molecule has 1 amide bonds. The lowest BCUT2D eigenvalue weighted by Crippen LogP contribution is -2.32. The van der Waals surface area contributed by atoms with Gasteiger partial charge in [-0.25, -0.2) is 9.18 Å². The van der Waals surface area contributed by atoms with Gasteiger partial charge in [-0.3, -0.25) is 4.79 Å². The first-order valence-electron chi connectivity index (χ1n) is 6.18. The zero-order valence-electron chi connectivity index (χ0n) is 11.7. The predicted molar refractivity (Wildman–Crippen MR) is 74.9 cm³/mol. The first-order valence-corrected chi connectivity index (χ1v) is 6.18. The molecule has 0 atom stereocenters. The van der Waals surface area contributed by atoms with Crippen molar-refractivity contribution in [2.75, 3.05) is 6.54 Å². The topological polar surface area (TPSA) is 66.4 Å². The molecular formula is C15H18FNO3. The molecule has 0 radical (unpaired) electrons. The van der Waals surface area contributed by atoms with E-state index in [0.717, 1.165) is 12.1 Å². The molecule has 5 heteroatoms. The maximum atomic E-state index is 13.8. The minimum absolute atomic E-state index is 0.0540. The van der Waals surface area contributed by atoms with Crippen molar-refractivity contribution in [3.05, 3.63) is 41.2 Å². The summed E-state index contributed by atoms with van der Waals surface area (Å²) in [6, 6.07) is 3.97. The second kappa shape index (κ2) is 6.32. The largest absolute Gasteiger partial charge is 0.478 e. The average Bonchev–Trinajstić information content (AvgIpc) is 2.32. The van der Waals surface area contributed by atoms with E-state index >= 15 is 0 Å². The van der Waals surface area contributed by atoms with Crippen LogP contribution in [-0.2, 0) is 4.79 Å². The summed E-state index contributed by atoms with van der Waals surface area (Å²) in [7, 11) is 0. The van der Waals surface area contributed by atoms with Crippen molar-refractivity contribution in [1.29, 1.82) is 0 Å². The number of amides is 1. The van der Waals surface area contributed by atoms with Crippen molar-refractivity contribution in [1.82, 2.24) is 5.32 Å². The predicted octanol–water partition coefficient (Wildman–Crippen LogP) is 2.70. The summed E-state index contributed by atoms with van der Waals surface area (Å²) < 4.78 is 13.8. The number of halogens is 1. The fraction of sp³-hybridized carbons (Fsp3) is 0.333. The Morgan fingerprint density at radius 3 is 2.50 bits per heavy atom. The van der Waals surface area contributed by atoms with Crippen LogP contribution < -0.4 is 5.32 Å². The highest BCUT2D eigenvalue weighted by atomic mass is 19.1. The van der Waals surface area contributed by atoms with Gasteiger partial charge >= 0.3 is 5.97 Å². The molecule has 0 aliphatic carbocycles. The fourth-order valence-corrected chi connectivity index (χ4v) is 1.43. The molecule has 1 rings (SSSR count). The zero-order valence-corrected chi connectivity index (χ0v) is 11.7. The van der Waals surface area contributed by atoms with Gasteiger partial charge in [0.25, 0.3) is 5.91 Å². The van der Waals surface area contributed by atoms with Crippen LogP contribution in [0.1, 0.15) is 36.7 Å². The lowest BCUT2D eigenvalue weighted by atomic mass is 9.97. The highest BCUT2D eigenvalue weighted by Crippen LogP contribution is 2.14. The van der Waals surface area contributed by atoms with Gasteiger partial charge in [0.2, 0.25) is 0 Å². The van der Waals surface area contributed by atoms with Crippen molar-refractivity contribution in [2.45, 2.75) is 20.8 Å². The first kappa shape index (κ1) is 15.9. The molecule has 0 aliphatic rings. The third-order valence-electron chi connectivity index (χ3n) is 2.44. The van der Waals surface area contributed by atoms with E-state index in [1.165, 1.54) is 18.2 Å². The minimum atomic E-state index is -1.11. The van der Waals surface area contributed by atoms with Gasteiger partial charge in [-0.1, -0.05) is 26.8 Å². The van der Waals surface area contributed by atoms with E-state index in [1.54, 1.807) is 0 Å². The number of hydrogen-bond donors (Lipinski definition) is 2. The summed E-state index contributed by atoms with van der Waals surface area (Å²) in [5.74, 6) is -2.27. The summed E-state index contributed by atoms with van der Waals surface area (Å²) in [4.78, 5) is 22.2. The molecule has 0 unspecified atom stereocenters. The van der Waals surface area contributed by atoms with Crippen LogP contribution in [0.15, 0.2) is 24.3 Å². The van der Waals surface area contributed by atoms with Crippen molar-refractivity contribution >= 4 is 18.0 Å². The quantitative estimate of drug-likeness (QED) is 0.833. The Bertz CT molecular complexity index is 545. The van der Waals surface area contributed by atoms with Crippen LogP contribution >= 0.6 is 0 Å². The van der Waals surface area contributed by atoms with Crippen LogP contribution in [-0.4, -0.2) is 23.5 Å². The molecule has 108 valence electrons. The smallest absolute Gasteiger partial charge is 0.328 e. The van der Waals surface area contributed by atoms with Gasteiger partial charge in [-0.15, -0.1) is 0 Å². The Labute approximate surface area is 117 Å². The Kier molecular flexibility index (Phi) is 5.02. The summed E-state index contributed by atoms with van der Waals surface area (Å²) in [6.45, 7) is 6.32. The van der Waals surface area contributed by atoms with Crippen molar-refractivity contribution in [3.63, 3.8) is 0 Å². The lowest BCUT2D eigenvalue weighted by molar-refractivity contribution is -0.131. The molecule has 0 saturated heterocycles. The number of carboxylic acid groups (broad SMARTS) is 1. The standard InChI is InChI=1S/C15H18FNO3/c1-15(2,3)9-17-14(20)11-6-4-10(8-12(11)16)5-7-13(18)19/h4-8H,9H2,1-3H3,(H,17,20)(H,18,19). The summed E-state index contributed by atoms with van der Waals surface area (Å²) in [5, 5.41) is 11.1. The van der Waals surface area contributed by atoms with Crippen LogP contribution in [0.2, 0.25) is 0 Å². The number of carbonyl (C=O) groups is 2. The molecule has 1 aromatic rings. The van der Waals surface area contributed by atoms with Gasteiger partial charge in [-0.05, 0) is 29.2 Å². The molecule has 0 fully saturated rings. The maximum absolute atomic E-state index is 13.8. The van der Waals surface area contributed by atoms with Crippen LogP contribution in [0.5, 0.6) is 0 Å². The molecule has 0 spiro atoms. The Balaban J connectivity index is 2.82. The fourth-order valence-electron chi connectivity index (χ4n) is 1.43. The number of benzene rings is 1. The molecule has 0 aromatic heterocycles. The average molecular weight is 279 g/mol. The van der Waals surface area contributed by atoms with E-state index in [1.807, 2.05) is 20.8 Å². The van der Waals surface area contributed by atoms with Gasteiger partial charge in [-0.2, -0.15) is 0 Å². The van der Waals surface area contributed by atoms with Gasteiger partial charge in [0.15, 0.2) is 0 Å². The molecule has 0 saturated carbocycles. The van der Waals surface area contributed by atoms with Crippen LogP contribution in [0.25, 0.3) is 6.08 Å². The van der Waals surface area contributed by atoms with Gasteiger partial charge < -0.3 is 10.4 Å². The van der Waals surface area contributed by atoms with E-state index in [-0.39, 0.29) is 11.0 Å². The molecule has 0 aliphatic heterocycles. The number of aliphatic carboxylic acids is 1. The van der Waals surface area contributed by atoms with Gasteiger partial charge in [0.1, 0.15) is 5.82 Å². The highest BCUT2D eigenvalue weighted by molar-refractivity contribution is 5.94. The Morgan fingerprint density at radius 2 is 2.00 bits per heavy atom. The van der Waals surface area contributed by atoms with Crippen LogP contribution in [0.3, 0.4) is 0 Å². The van der Waals surface area contributed by atoms with Crippen LogP contribution in [0.4, 0.5) is 4.39 Å². The van der Waals surface area contributed by atoms with Crippen molar-refractivity contribution in [3.8, 4) is 0 Å². The number of rotatable bonds is 4. The molecule has 4 nitrogen and oxygen atoms in total. The van der Waals surface area contributed by atoms with E-state index in [2.05, 4.69) is 5.32 Å². The van der Waals surface area contributed by atoms with Crippen LogP contribution in [0, 0.1) is 11.2 Å². The van der Waals surface area contributed by atoms with Crippen molar-refractivity contribution < 1.29 is 19.1 Å². The SMILES string of the molecule is CC(C)(C)CNC(=O)c1ccc(C=CC(=O)O)cc1F. The van der Waals surface area contributed by atoms with E-state index < -0.39 is 17.7 Å². The first-order chi connectivity index (χ1) is 9.19. The lowest BCUT2D eigenvalue weighted by Gasteiger charge is -2.18. The highest BCUT2D eigenvalue weighted by Gasteiger charge is 2.15. The summed E-state index contributed by atoms with van der Waals surface area (Å²) in [6.07, 6.45) is 2.18. The maximum Gasteiger partial charge on any atom is 0.328 e. The summed E-state index contributed by atoms with van der Waals surface area (Å²) >= 11 is 0. The third kappa shape index (κ3) is 5.22. The molecule has 20 heavy (non-hydrogen) atoms. The molecule has 2 N–H and O–H groups in total. The third-order valence-corrected chi connectivity index (χ3v) is 2.44. The number of carbonyl (C=O) groups excluding carboxylic acids is 1. The second-order valence-electron chi connectivity index (χ2n) is 5.65. The second-order valence-corrected chi connectivity index (χ2v) is 5.65. The Morgan fingerprint density at radius 1 is 1.35 bits per heavy atom. The normalized spacial score (nSPS) is 11.6. The van der Waals surface area contributed by atoms with Gasteiger partial charge in [0, 0.05) is 12.6 Å². The summed E-state index contributed by atoms with van der Waals surface area (Å²) in [5.41, 5.74) is 0.245. The zero-order chi connectivity index (χ0) is 15.3. The number of carboxylic acids is 1. The van der Waals surface area contributed by atoms with E-state index in [0.29, 0.717) is 12.1 Å².